The number of likely N-dealkylation sites (N-methyl/N-ethyl adjacent to an activating group) is 2. The van der Waals surface area contributed by atoms with E-state index < -0.39 is 5.72 Å². The molecule has 0 aliphatic carbocycles. The third-order valence-electron chi connectivity index (χ3n) is 10.3. The molecular weight excluding hydrogens is 514 g/mol. The van der Waals surface area contributed by atoms with Gasteiger partial charge in [-0.1, -0.05) is 68.4 Å². The van der Waals surface area contributed by atoms with Crippen molar-refractivity contribution in [3.05, 3.63) is 120 Å². The van der Waals surface area contributed by atoms with Crippen LogP contribution in [0.2, 0.25) is 0 Å². The van der Waals surface area contributed by atoms with Crippen molar-refractivity contribution < 1.29 is 4.74 Å². The molecule has 0 bridgehead atoms. The van der Waals surface area contributed by atoms with Crippen LogP contribution in [0.25, 0.3) is 5.57 Å². The van der Waals surface area contributed by atoms with Crippen molar-refractivity contribution in [1.29, 1.82) is 0 Å². The van der Waals surface area contributed by atoms with Crippen molar-refractivity contribution in [2.75, 3.05) is 44.0 Å². The lowest BCUT2D eigenvalue weighted by Gasteiger charge is -2.47. The van der Waals surface area contributed by atoms with Gasteiger partial charge in [-0.05, 0) is 61.9 Å². The molecule has 1 spiro atoms. The van der Waals surface area contributed by atoms with Gasteiger partial charge < -0.3 is 14.5 Å². The van der Waals surface area contributed by atoms with Gasteiger partial charge in [0.05, 0.1) is 19.0 Å². The molecule has 4 aromatic carbocycles. The van der Waals surface area contributed by atoms with E-state index in [0.29, 0.717) is 0 Å². The molecule has 3 aliphatic rings. The average molecular weight is 557 g/mol. The second kappa shape index (κ2) is 8.99. The lowest BCUT2D eigenvalue weighted by molar-refractivity contribution is 0.0570. The Morgan fingerprint density at radius 2 is 1.48 bits per heavy atom. The van der Waals surface area contributed by atoms with Crippen LogP contribution in [0.1, 0.15) is 44.4 Å². The summed E-state index contributed by atoms with van der Waals surface area (Å²) in [6, 6.07) is 35.1. The summed E-state index contributed by atoms with van der Waals surface area (Å²) in [5.74, 6) is 0.943. The van der Waals surface area contributed by atoms with E-state index in [9.17, 15) is 0 Å². The topological polar surface area (TPSA) is 15.7 Å². The zero-order valence-corrected chi connectivity index (χ0v) is 26.0. The summed E-state index contributed by atoms with van der Waals surface area (Å²) < 4.78 is 8.14. The van der Waals surface area contributed by atoms with Gasteiger partial charge in [-0.15, -0.1) is 0 Å². The molecule has 4 aromatic rings. The Balaban J connectivity index is 1.39. The van der Waals surface area contributed by atoms with Gasteiger partial charge in [0.2, 0.25) is 5.72 Å². The first-order chi connectivity index (χ1) is 20.0. The summed E-state index contributed by atoms with van der Waals surface area (Å²) in [6.45, 7) is 11.4. The molecule has 4 heteroatoms. The van der Waals surface area contributed by atoms with E-state index in [2.05, 4.69) is 162 Å². The summed E-state index contributed by atoms with van der Waals surface area (Å²) >= 11 is 0. The maximum Gasteiger partial charge on any atom is 0.212 e. The van der Waals surface area contributed by atoms with E-state index in [0.717, 1.165) is 34.7 Å². The molecule has 3 heterocycles. The number of para-hydroxylation sites is 3. The number of hydrogen-bond acceptors (Lipinski definition) is 3. The number of nitrogens with zero attached hydrogens (tertiary/aromatic N) is 3. The van der Waals surface area contributed by atoms with Gasteiger partial charge in [0.1, 0.15) is 18.0 Å². The fraction of sp³-hybridized carbons (Fsp3) is 0.316. The normalized spacial score (nSPS) is 24.5. The van der Waals surface area contributed by atoms with Gasteiger partial charge >= 0.3 is 0 Å². The summed E-state index contributed by atoms with van der Waals surface area (Å²) in [4.78, 5) is 4.60. The van der Waals surface area contributed by atoms with Crippen molar-refractivity contribution >= 4 is 28.3 Å². The van der Waals surface area contributed by atoms with Gasteiger partial charge in [0, 0.05) is 59.3 Å². The first-order valence-electron chi connectivity index (χ1n) is 15.1. The molecule has 2 unspecified atom stereocenters. The molecule has 0 amide bonds. The van der Waals surface area contributed by atoms with Crippen LogP contribution in [0.5, 0.6) is 5.75 Å². The van der Waals surface area contributed by atoms with Gasteiger partial charge in [-0.2, -0.15) is 0 Å². The minimum Gasteiger partial charge on any atom is -0.463 e. The molecule has 0 radical (unpaired) electrons. The number of anilines is 3. The minimum atomic E-state index is -0.656. The van der Waals surface area contributed by atoms with E-state index in [-0.39, 0.29) is 10.8 Å². The number of rotatable bonds is 4. The van der Waals surface area contributed by atoms with E-state index in [1.807, 2.05) is 0 Å². The summed E-state index contributed by atoms with van der Waals surface area (Å²) in [6.07, 6.45) is 2.45. The van der Waals surface area contributed by atoms with Gasteiger partial charge in [0.15, 0.2) is 0 Å². The summed E-state index contributed by atoms with van der Waals surface area (Å²) in [5.41, 5.74) is 9.40. The molecule has 42 heavy (non-hydrogen) atoms. The first kappa shape index (κ1) is 26.9. The zero-order valence-electron chi connectivity index (χ0n) is 26.0. The fourth-order valence-electron chi connectivity index (χ4n) is 8.15. The molecule has 0 N–H and O–H groups in total. The molecule has 214 valence electrons. The van der Waals surface area contributed by atoms with E-state index in [1.54, 1.807) is 0 Å². The Kier molecular flexibility index (Phi) is 5.75. The van der Waals surface area contributed by atoms with Crippen molar-refractivity contribution in [2.24, 2.45) is 0 Å². The van der Waals surface area contributed by atoms with Gasteiger partial charge in [0.25, 0.3) is 0 Å². The van der Waals surface area contributed by atoms with Gasteiger partial charge in [-0.3, -0.25) is 4.48 Å². The molecule has 2 atom stereocenters. The predicted molar refractivity (Wildman–Crippen MR) is 177 cm³/mol. The third-order valence-corrected chi connectivity index (χ3v) is 10.3. The molecule has 0 fully saturated rings. The zero-order chi connectivity index (χ0) is 29.5. The third kappa shape index (κ3) is 3.71. The van der Waals surface area contributed by atoms with Crippen molar-refractivity contribution in [3.8, 4) is 5.75 Å². The smallest absolute Gasteiger partial charge is 0.212 e. The first-order valence-corrected chi connectivity index (χ1v) is 15.1. The van der Waals surface area contributed by atoms with Crippen LogP contribution in [0.3, 0.4) is 0 Å². The highest BCUT2D eigenvalue weighted by atomic mass is 16.5. The van der Waals surface area contributed by atoms with Crippen LogP contribution >= 0.6 is 0 Å². The lowest BCUT2D eigenvalue weighted by Crippen LogP contribution is -2.59. The standard InChI is InChI=1S/C38H42N3O/c1-36(2)26-41(7,34-20-14-12-18-32(34)36)25-27-24-38(37(3,4)31-17-11-13-19-33(31)40(38)6)42-35-23-29(21-22-30(27)35)39(5)28-15-9-8-10-16-28/h8-24H,25-26H2,1-7H3/q+1. The summed E-state index contributed by atoms with van der Waals surface area (Å²) in [7, 11) is 6.73. The largest absolute Gasteiger partial charge is 0.463 e. The fourth-order valence-corrected chi connectivity index (χ4v) is 8.15. The molecule has 0 aromatic heterocycles. The van der Waals surface area contributed by atoms with Crippen molar-refractivity contribution in [2.45, 2.75) is 44.2 Å². The minimum absolute atomic E-state index is 0.111. The highest BCUT2D eigenvalue weighted by Crippen LogP contribution is 2.56. The van der Waals surface area contributed by atoms with Crippen LogP contribution in [0, 0.1) is 0 Å². The molecular formula is C38H42N3O+. The number of hydrogen-bond donors (Lipinski definition) is 0. The van der Waals surface area contributed by atoms with Crippen LogP contribution in [-0.2, 0) is 10.8 Å². The maximum absolute atomic E-state index is 7.27. The van der Waals surface area contributed by atoms with E-state index >= 15 is 0 Å². The Morgan fingerprint density at radius 3 is 2.21 bits per heavy atom. The Bertz CT molecular complexity index is 1720. The highest BCUT2D eigenvalue weighted by Gasteiger charge is 2.59. The van der Waals surface area contributed by atoms with Crippen LogP contribution in [-0.4, -0.2) is 40.0 Å². The lowest BCUT2D eigenvalue weighted by atomic mass is 9.75. The van der Waals surface area contributed by atoms with Crippen molar-refractivity contribution in [3.63, 3.8) is 0 Å². The Hall–Kier alpha value is -4.02. The Morgan fingerprint density at radius 1 is 0.810 bits per heavy atom. The van der Waals surface area contributed by atoms with E-state index in [1.165, 1.54) is 33.6 Å². The monoisotopic (exact) mass is 556 g/mol. The van der Waals surface area contributed by atoms with Gasteiger partial charge in [-0.25, -0.2) is 0 Å². The average Bonchev–Trinajstić information content (AvgIpc) is 3.29. The number of fused-ring (bicyclic) bond motifs is 3. The Labute approximate surface area is 251 Å². The summed E-state index contributed by atoms with van der Waals surface area (Å²) in [5, 5.41) is 0. The van der Waals surface area contributed by atoms with Crippen LogP contribution in [0.4, 0.5) is 22.7 Å². The molecule has 0 saturated heterocycles. The predicted octanol–water partition coefficient (Wildman–Crippen LogP) is 8.28. The number of ether oxygens (including phenoxy) is 1. The molecule has 3 aliphatic heterocycles. The molecule has 0 saturated carbocycles. The SMILES string of the molecule is CN(c1ccccc1)c1ccc2c(c1)OC1(C=C2C[N+]2(C)CC(C)(C)c3ccccc32)N(C)c2ccccc2C1(C)C. The maximum atomic E-state index is 7.27. The number of quaternary nitrogens is 1. The van der Waals surface area contributed by atoms with E-state index in [4.69, 9.17) is 4.74 Å². The molecule has 4 nitrogen and oxygen atoms in total. The second-order valence-electron chi connectivity index (χ2n) is 13.9. The van der Waals surface area contributed by atoms with Crippen LogP contribution < -0.4 is 19.0 Å². The van der Waals surface area contributed by atoms with Crippen LogP contribution in [0.15, 0.2) is 103 Å². The quantitative estimate of drug-likeness (QED) is 0.235. The second-order valence-corrected chi connectivity index (χ2v) is 13.9. The van der Waals surface area contributed by atoms with Crippen molar-refractivity contribution in [1.82, 2.24) is 4.48 Å². The highest BCUT2D eigenvalue weighted by molar-refractivity contribution is 5.82. The molecule has 7 rings (SSSR count). The number of benzene rings is 4.